The molecule has 6 heteroatoms. The molecule has 0 aliphatic rings. The molecule has 0 aliphatic carbocycles. The van der Waals surface area contributed by atoms with Crippen LogP contribution in [0.5, 0.6) is 0 Å². The zero-order chi connectivity index (χ0) is 10.6. The van der Waals surface area contributed by atoms with Crippen molar-refractivity contribution in [1.29, 1.82) is 0 Å². The lowest BCUT2D eigenvalue weighted by atomic mass is 10.3. The lowest BCUT2D eigenvalue weighted by Gasteiger charge is -2.05. The van der Waals surface area contributed by atoms with Gasteiger partial charge in [0.25, 0.3) is 0 Å². The molecule has 0 unspecified atom stereocenters. The van der Waals surface area contributed by atoms with E-state index in [0.717, 1.165) is 4.90 Å². The van der Waals surface area contributed by atoms with Crippen LogP contribution in [0.3, 0.4) is 0 Å². The van der Waals surface area contributed by atoms with Gasteiger partial charge < -0.3 is 0 Å². The van der Waals surface area contributed by atoms with E-state index in [-0.39, 0.29) is 0 Å². The van der Waals surface area contributed by atoms with Crippen LogP contribution in [0.15, 0.2) is 29.2 Å². The molecule has 0 radical (unpaired) electrons. The van der Waals surface area contributed by atoms with Crippen LogP contribution in [-0.2, 0) is 10.0 Å². The van der Waals surface area contributed by atoms with E-state index in [1.165, 1.54) is 0 Å². The van der Waals surface area contributed by atoms with E-state index in [0.29, 0.717) is 5.69 Å². The van der Waals surface area contributed by atoms with E-state index >= 15 is 0 Å². The second kappa shape index (κ2) is 4.91. The molecule has 0 aliphatic heterocycles. The minimum absolute atomic E-state index is 0.434. The summed E-state index contributed by atoms with van der Waals surface area (Å²) >= 11 is 6.81. The average molecular weight is 252 g/mol. The van der Waals surface area contributed by atoms with Crippen molar-refractivity contribution < 1.29 is 8.42 Å². The maximum Gasteiger partial charge on any atom is 0.246 e. The highest BCUT2D eigenvalue weighted by atomic mass is 35.5. The van der Waals surface area contributed by atoms with Gasteiger partial charge in [-0.2, -0.15) is 0 Å². The Hall–Kier alpha value is -0.390. The van der Waals surface area contributed by atoms with Crippen LogP contribution >= 0.6 is 23.4 Å². The molecule has 0 saturated carbocycles. The first-order valence-corrected chi connectivity index (χ1v) is 7.19. The summed E-state index contributed by atoms with van der Waals surface area (Å²) in [6.07, 6.45) is 1.93. The van der Waals surface area contributed by atoms with Crippen molar-refractivity contribution in [2.24, 2.45) is 0 Å². The molecule has 1 aromatic carbocycles. The second-order valence-electron chi connectivity index (χ2n) is 2.56. The molecule has 0 aromatic heterocycles. The number of rotatable bonds is 4. The molecule has 0 amide bonds. The summed E-state index contributed by atoms with van der Waals surface area (Å²) in [5, 5.41) is -0.434. The van der Waals surface area contributed by atoms with Gasteiger partial charge in [-0.1, -0.05) is 6.07 Å². The standard InChI is InChI=1S/C8H10ClNO2S2/c1-13-8-4-2-3-7(5-8)10-14(11,12)6-9/h2-5,10H,6H2,1H3. The molecule has 1 N–H and O–H groups in total. The largest absolute Gasteiger partial charge is 0.283 e. The Morgan fingerprint density at radius 2 is 2.21 bits per heavy atom. The maximum absolute atomic E-state index is 11.1. The van der Waals surface area contributed by atoms with E-state index in [1.54, 1.807) is 30.0 Å². The van der Waals surface area contributed by atoms with Gasteiger partial charge in [-0.05, 0) is 24.5 Å². The summed E-state index contributed by atoms with van der Waals surface area (Å²) in [7, 11) is -3.39. The van der Waals surface area contributed by atoms with E-state index in [9.17, 15) is 8.42 Å². The molecule has 78 valence electrons. The Labute approximate surface area is 92.9 Å². The first-order valence-electron chi connectivity index (χ1n) is 3.78. The van der Waals surface area contributed by atoms with Gasteiger partial charge in [0.15, 0.2) is 0 Å². The average Bonchev–Trinajstić information content (AvgIpc) is 2.17. The monoisotopic (exact) mass is 251 g/mol. The van der Waals surface area contributed by atoms with Crippen LogP contribution < -0.4 is 4.72 Å². The number of halogens is 1. The van der Waals surface area contributed by atoms with Crippen LogP contribution in [0.2, 0.25) is 0 Å². The molecular weight excluding hydrogens is 242 g/mol. The Kier molecular flexibility index (Phi) is 4.10. The van der Waals surface area contributed by atoms with Gasteiger partial charge in [0.2, 0.25) is 10.0 Å². The van der Waals surface area contributed by atoms with E-state index < -0.39 is 15.2 Å². The van der Waals surface area contributed by atoms with Gasteiger partial charge in [0.05, 0.1) is 0 Å². The van der Waals surface area contributed by atoms with Gasteiger partial charge in [-0.25, -0.2) is 8.42 Å². The first-order chi connectivity index (χ1) is 6.57. The summed E-state index contributed by atoms with van der Waals surface area (Å²) in [5.74, 6) is 0. The number of hydrogen-bond donors (Lipinski definition) is 1. The smallest absolute Gasteiger partial charge is 0.246 e. The van der Waals surface area contributed by atoms with Crippen molar-refractivity contribution in [3.63, 3.8) is 0 Å². The summed E-state index contributed by atoms with van der Waals surface area (Å²) < 4.78 is 24.6. The number of alkyl halides is 1. The highest BCUT2D eigenvalue weighted by Crippen LogP contribution is 2.19. The summed E-state index contributed by atoms with van der Waals surface area (Å²) in [4.78, 5) is 1.000. The highest BCUT2D eigenvalue weighted by molar-refractivity contribution is 7.98. The third-order valence-corrected chi connectivity index (χ3v) is 3.91. The molecule has 14 heavy (non-hydrogen) atoms. The van der Waals surface area contributed by atoms with Crippen LogP contribution in [0.4, 0.5) is 5.69 Å². The molecule has 0 atom stereocenters. The number of nitrogens with one attached hydrogen (secondary N) is 1. The van der Waals surface area contributed by atoms with Crippen molar-refractivity contribution in [3.05, 3.63) is 24.3 Å². The third kappa shape index (κ3) is 3.40. The van der Waals surface area contributed by atoms with E-state index in [4.69, 9.17) is 11.6 Å². The molecule has 0 bridgehead atoms. The highest BCUT2D eigenvalue weighted by Gasteiger charge is 2.07. The van der Waals surface area contributed by atoms with Crippen LogP contribution in [-0.4, -0.2) is 19.9 Å². The Bertz CT molecular complexity index is 406. The Morgan fingerprint density at radius 3 is 2.79 bits per heavy atom. The van der Waals surface area contributed by atoms with Gasteiger partial charge in [0.1, 0.15) is 5.21 Å². The van der Waals surface area contributed by atoms with Crippen molar-refractivity contribution in [3.8, 4) is 0 Å². The third-order valence-electron chi connectivity index (χ3n) is 1.49. The quantitative estimate of drug-likeness (QED) is 0.660. The number of sulfonamides is 1. The van der Waals surface area contributed by atoms with Gasteiger partial charge >= 0.3 is 0 Å². The van der Waals surface area contributed by atoms with Gasteiger partial charge in [-0.15, -0.1) is 23.4 Å². The molecular formula is C8H10ClNO2S2. The molecule has 3 nitrogen and oxygen atoms in total. The molecule has 0 spiro atoms. The van der Waals surface area contributed by atoms with E-state index in [2.05, 4.69) is 4.72 Å². The normalized spacial score (nSPS) is 11.3. The molecule has 0 saturated heterocycles. The second-order valence-corrected chi connectivity index (χ2v) is 5.74. The van der Waals surface area contributed by atoms with E-state index in [1.807, 2.05) is 12.3 Å². The molecule has 1 aromatic rings. The lowest BCUT2D eigenvalue weighted by molar-refractivity contribution is 0.605. The van der Waals surface area contributed by atoms with Crippen LogP contribution in [0, 0.1) is 0 Å². The summed E-state index contributed by atoms with van der Waals surface area (Å²) in [5.41, 5.74) is 0.539. The number of hydrogen-bond acceptors (Lipinski definition) is 3. The minimum atomic E-state index is -3.39. The van der Waals surface area contributed by atoms with Crippen molar-refractivity contribution in [1.82, 2.24) is 0 Å². The number of thioether (sulfide) groups is 1. The van der Waals surface area contributed by atoms with Crippen LogP contribution in [0.25, 0.3) is 0 Å². The number of benzene rings is 1. The van der Waals surface area contributed by atoms with Gasteiger partial charge in [-0.3, -0.25) is 4.72 Å². The zero-order valence-corrected chi connectivity index (χ0v) is 9.92. The van der Waals surface area contributed by atoms with Crippen molar-refractivity contribution in [2.75, 3.05) is 16.2 Å². The Balaban J connectivity index is 2.87. The fraction of sp³-hybridized carbons (Fsp3) is 0.250. The number of anilines is 1. The summed E-state index contributed by atoms with van der Waals surface area (Å²) in [6.45, 7) is 0. The SMILES string of the molecule is CSc1cccc(NS(=O)(=O)CCl)c1. The topological polar surface area (TPSA) is 46.2 Å². The zero-order valence-electron chi connectivity index (χ0n) is 7.53. The molecule has 0 fully saturated rings. The molecule has 0 heterocycles. The fourth-order valence-electron chi connectivity index (χ4n) is 0.893. The fourth-order valence-corrected chi connectivity index (χ4v) is 2.06. The van der Waals surface area contributed by atoms with Crippen molar-refractivity contribution >= 4 is 39.1 Å². The summed E-state index contributed by atoms with van der Waals surface area (Å²) in [6, 6.07) is 7.14. The van der Waals surface area contributed by atoms with Crippen LogP contribution in [0.1, 0.15) is 0 Å². The van der Waals surface area contributed by atoms with Gasteiger partial charge in [0, 0.05) is 10.6 Å². The predicted octanol–water partition coefficient (Wildman–Crippen LogP) is 2.35. The minimum Gasteiger partial charge on any atom is -0.283 e. The predicted molar refractivity (Wildman–Crippen MR) is 61.5 cm³/mol. The molecule has 1 rings (SSSR count). The maximum atomic E-state index is 11.1. The lowest BCUT2D eigenvalue weighted by Crippen LogP contribution is -2.13. The Morgan fingerprint density at radius 1 is 1.50 bits per heavy atom. The van der Waals surface area contributed by atoms with Crippen molar-refractivity contribution in [2.45, 2.75) is 4.90 Å². The first kappa shape index (κ1) is 11.7.